The molecule has 2 nitrogen and oxygen atoms in total. The lowest BCUT2D eigenvalue weighted by molar-refractivity contribution is 0.117. The highest BCUT2D eigenvalue weighted by atomic mass is 16.5. The van der Waals surface area contributed by atoms with E-state index < -0.39 is 0 Å². The van der Waals surface area contributed by atoms with E-state index in [1.807, 2.05) is 0 Å². The number of ether oxygens (including phenoxy) is 1. The topological polar surface area (TPSA) is 21.3 Å². The largest absolute Gasteiger partial charge is 0.378 e. The van der Waals surface area contributed by atoms with Crippen molar-refractivity contribution in [2.75, 3.05) is 13.7 Å². The Bertz CT molecular complexity index is 377. The zero-order valence-corrected chi connectivity index (χ0v) is 11.8. The van der Waals surface area contributed by atoms with Crippen LogP contribution >= 0.6 is 0 Å². The summed E-state index contributed by atoms with van der Waals surface area (Å²) in [6, 6.07) is 9.43. The van der Waals surface area contributed by atoms with E-state index in [-0.39, 0.29) is 0 Å². The molecule has 1 aliphatic heterocycles. The molecule has 2 rings (SSSR count). The minimum absolute atomic E-state index is 0.407. The monoisotopic (exact) mass is 247 g/mol. The molecule has 1 fully saturated rings. The second-order valence-electron chi connectivity index (χ2n) is 5.40. The molecular weight excluding hydrogens is 222 g/mol. The predicted octanol–water partition coefficient (Wildman–Crippen LogP) is 3.32. The van der Waals surface area contributed by atoms with Gasteiger partial charge in [0.2, 0.25) is 0 Å². The summed E-state index contributed by atoms with van der Waals surface area (Å²) in [5, 5.41) is 3.47. The third-order valence-corrected chi connectivity index (χ3v) is 3.86. The number of nitrogens with one attached hydrogen (secondary N) is 1. The number of benzene rings is 1. The molecule has 2 heteroatoms. The van der Waals surface area contributed by atoms with E-state index in [0.29, 0.717) is 18.1 Å². The van der Waals surface area contributed by atoms with Crippen molar-refractivity contribution in [3.63, 3.8) is 0 Å². The summed E-state index contributed by atoms with van der Waals surface area (Å²) in [6.07, 6.45) is 3.94. The van der Waals surface area contributed by atoms with Crippen molar-refractivity contribution in [3.8, 4) is 0 Å². The van der Waals surface area contributed by atoms with Crippen LogP contribution in [0.2, 0.25) is 0 Å². The van der Waals surface area contributed by atoms with Gasteiger partial charge in [0.05, 0.1) is 12.7 Å². The Balaban J connectivity index is 2.13. The smallest absolute Gasteiger partial charge is 0.0551 e. The van der Waals surface area contributed by atoms with Crippen LogP contribution in [0.5, 0.6) is 0 Å². The molecule has 0 saturated carbocycles. The first kappa shape index (κ1) is 13.6. The first-order valence-electron chi connectivity index (χ1n) is 7.12. The second-order valence-corrected chi connectivity index (χ2v) is 5.40. The van der Waals surface area contributed by atoms with E-state index in [0.717, 1.165) is 13.0 Å². The quantitative estimate of drug-likeness (QED) is 0.862. The van der Waals surface area contributed by atoms with Gasteiger partial charge >= 0.3 is 0 Å². The van der Waals surface area contributed by atoms with Crippen molar-refractivity contribution in [3.05, 3.63) is 35.4 Å². The van der Waals surface area contributed by atoms with Gasteiger partial charge in [-0.2, -0.15) is 0 Å². The van der Waals surface area contributed by atoms with E-state index in [9.17, 15) is 0 Å². The molecule has 0 spiro atoms. The van der Waals surface area contributed by atoms with Gasteiger partial charge in [-0.15, -0.1) is 0 Å². The minimum Gasteiger partial charge on any atom is -0.378 e. The first-order chi connectivity index (χ1) is 8.74. The van der Waals surface area contributed by atoms with Gasteiger partial charge in [0.1, 0.15) is 0 Å². The van der Waals surface area contributed by atoms with E-state index in [2.05, 4.69) is 50.5 Å². The van der Waals surface area contributed by atoms with Crippen molar-refractivity contribution < 1.29 is 4.74 Å². The average Bonchev–Trinajstić information content (AvgIpc) is 2.78. The molecular formula is C16H25NO. The van der Waals surface area contributed by atoms with Gasteiger partial charge in [-0.1, -0.05) is 37.6 Å². The SMILES string of the molecule is CCCc1cccc(C(NC)C2COC(C)C2)c1. The molecule has 0 aromatic heterocycles. The van der Waals surface area contributed by atoms with Gasteiger partial charge in [-0.3, -0.25) is 0 Å². The second kappa shape index (κ2) is 6.35. The van der Waals surface area contributed by atoms with Gasteiger partial charge in [0.15, 0.2) is 0 Å². The molecule has 18 heavy (non-hydrogen) atoms. The number of hydrogen-bond donors (Lipinski definition) is 1. The van der Waals surface area contributed by atoms with Crippen molar-refractivity contribution in [2.24, 2.45) is 5.92 Å². The zero-order chi connectivity index (χ0) is 13.0. The molecule has 3 unspecified atom stereocenters. The molecule has 0 radical (unpaired) electrons. The van der Waals surface area contributed by atoms with Gasteiger partial charge in [0, 0.05) is 12.0 Å². The van der Waals surface area contributed by atoms with Crippen LogP contribution in [0, 0.1) is 5.92 Å². The lowest BCUT2D eigenvalue weighted by atomic mass is 9.90. The van der Waals surface area contributed by atoms with Gasteiger partial charge < -0.3 is 10.1 Å². The van der Waals surface area contributed by atoms with E-state index in [1.165, 1.54) is 24.0 Å². The van der Waals surface area contributed by atoms with Crippen molar-refractivity contribution in [1.29, 1.82) is 0 Å². The fourth-order valence-corrected chi connectivity index (χ4v) is 2.99. The molecule has 1 N–H and O–H groups in total. The molecule has 3 atom stereocenters. The Morgan fingerprint density at radius 2 is 2.28 bits per heavy atom. The maximum Gasteiger partial charge on any atom is 0.0551 e. The highest BCUT2D eigenvalue weighted by Gasteiger charge is 2.29. The van der Waals surface area contributed by atoms with E-state index in [4.69, 9.17) is 4.74 Å². The van der Waals surface area contributed by atoms with Crippen LogP contribution in [-0.4, -0.2) is 19.8 Å². The summed E-state index contributed by atoms with van der Waals surface area (Å²) in [5.74, 6) is 0.599. The Kier molecular flexibility index (Phi) is 4.79. The summed E-state index contributed by atoms with van der Waals surface area (Å²) in [7, 11) is 2.06. The van der Waals surface area contributed by atoms with Crippen LogP contribution in [0.4, 0.5) is 0 Å². The number of rotatable bonds is 5. The molecule has 1 aromatic carbocycles. The molecule has 1 saturated heterocycles. The maximum absolute atomic E-state index is 5.71. The Hall–Kier alpha value is -0.860. The molecule has 1 heterocycles. The summed E-state index contributed by atoms with van der Waals surface area (Å²) in [4.78, 5) is 0. The first-order valence-corrected chi connectivity index (χ1v) is 7.12. The summed E-state index contributed by atoms with van der Waals surface area (Å²) >= 11 is 0. The number of aryl methyl sites for hydroxylation is 1. The normalized spacial score (nSPS) is 25.3. The summed E-state index contributed by atoms with van der Waals surface area (Å²) < 4.78 is 5.71. The number of hydrogen-bond acceptors (Lipinski definition) is 2. The van der Waals surface area contributed by atoms with Gasteiger partial charge in [-0.05, 0) is 37.9 Å². The van der Waals surface area contributed by atoms with Gasteiger partial charge in [-0.25, -0.2) is 0 Å². The van der Waals surface area contributed by atoms with Crippen LogP contribution in [0.15, 0.2) is 24.3 Å². The molecule has 100 valence electrons. The average molecular weight is 247 g/mol. The third kappa shape index (κ3) is 3.12. The van der Waals surface area contributed by atoms with Crippen LogP contribution in [0.25, 0.3) is 0 Å². The summed E-state index contributed by atoms with van der Waals surface area (Å²) in [5.41, 5.74) is 2.85. The van der Waals surface area contributed by atoms with Crippen molar-refractivity contribution >= 4 is 0 Å². The van der Waals surface area contributed by atoms with Crippen molar-refractivity contribution in [2.45, 2.75) is 45.3 Å². The molecule has 1 aliphatic rings. The lowest BCUT2D eigenvalue weighted by Gasteiger charge is -2.23. The van der Waals surface area contributed by atoms with E-state index in [1.54, 1.807) is 0 Å². The summed E-state index contributed by atoms with van der Waals surface area (Å²) in [6.45, 7) is 5.28. The highest BCUT2D eigenvalue weighted by molar-refractivity contribution is 5.27. The Morgan fingerprint density at radius 1 is 1.44 bits per heavy atom. The zero-order valence-electron chi connectivity index (χ0n) is 11.8. The van der Waals surface area contributed by atoms with Crippen molar-refractivity contribution in [1.82, 2.24) is 5.32 Å². The minimum atomic E-state index is 0.407. The molecule has 0 aliphatic carbocycles. The van der Waals surface area contributed by atoms with Crippen LogP contribution in [-0.2, 0) is 11.2 Å². The lowest BCUT2D eigenvalue weighted by Crippen LogP contribution is -2.25. The predicted molar refractivity (Wildman–Crippen MR) is 75.8 cm³/mol. The van der Waals surface area contributed by atoms with Crippen LogP contribution < -0.4 is 5.32 Å². The maximum atomic E-state index is 5.71. The Morgan fingerprint density at radius 3 is 2.89 bits per heavy atom. The fraction of sp³-hybridized carbons (Fsp3) is 0.625. The molecule has 1 aromatic rings. The van der Waals surface area contributed by atoms with Crippen LogP contribution in [0.1, 0.15) is 43.9 Å². The third-order valence-electron chi connectivity index (χ3n) is 3.86. The molecule has 0 amide bonds. The Labute approximate surface area is 111 Å². The molecule has 0 bridgehead atoms. The fourth-order valence-electron chi connectivity index (χ4n) is 2.99. The van der Waals surface area contributed by atoms with E-state index >= 15 is 0 Å². The van der Waals surface area contributed by atoms with Gasteiger partial charge in [0.25, 0.3) is 0 Å². The highest BCUT2D eigenvalue weighted by Crippen LogP contribution is 2.31. The van der Waals surface area contributed by atoms with Crippen LogP contribution in [0.3, 0.4) is 0 Å². The standard InChI is InChI=1S/C16H25NO/c1-4-6-13-7-5-8-14(10-13)16(17-3)15-9-12(2)18-11-15/h5,7-8,10,12,15-17H,4,6,9,11H2,1-3H3.